The molecule has 0 fully saturated rings. The summed E-state index contributed by atoms with van der Waals surface area (Å²) in [5, 5.41) is 12.9. The lowest BCUT2D eigenvalue weighted by Gasteiger charge is -2.06. The van der Waals surface area contributed by atoms with E-state index in [-0.39, 0.29) is 11.9 Å². The Morgan fingerprint density at radius 2 is 2.06 bits per heavy atom. The number of nitrogens with zero attached hydrogens (tertiary/aromatic N) is 1. The zero-order valence-electron chi connectivity index (χ0n) is 9.39. The van der Waals surface area contributed by atoms with Gasteiger partial charge >= 0.3 is 5.97 Å². The van der Waals surface area contributed by atoms with Crippen LogP contribution in [0.3, 0.4) is 0 Å². The summed E-state index contributed by atoms with van der Waals surface area (Å²) >= 11 is 0. The summed E-state index contributed by atoms with van der Waals surface area (Å²) in [5.41, 5.74) is 0. The molecule has 0 amide bonds. The van der Waals surface area contributed by atoms with E-state index in [1.807, 2.05) is 0 Å². The molecule has 0 spiro atoms. The van der Waals surface area contributed by atoms with Crippen molar-refractivity contribution in [2.75, 3.05) is 20.8 Å². The van der Waals surface area contributed by atoms with Crippen molar-refractivity contribution in [3.63, 3.8) is 0 Å². The summed E-state index contributed by atoms with van der Waals surface area (Å²) in [6.45, 7) is 0.504. The number of nitro groups is 1. The van der Waals surface area contributed by atoms with E-state index in [9.17, 15) is 14.9 Å². The summed E-state index contributed by atoms with van der Waals surface area (Å²) in [6, 6.07) is 0. The van der Waals surface area contributed by atoms with E-state index in [0.29, 0.717) is 25.8 Å². The van der Waals surface area contributed by atoms with Crippen molar-refractivity contribution in [1.29, 1.82) is 0 Å². The number of rotatable bonds is 8. The van der Waals surface area contributed by atoms with Gasteiger partial charge in [0.25, 0.3) is 12.1 Å². The first-order valence-corrected chi connectivity index (χ1v) is 4.80. The third kappa shape index (κ3) is 7.60. The van der Waals surface area contributed by atoms with Gasteiger partial charge in [-0.15, -0.1) is 0 Å². The van der Waals surface area contributed by atoms with Gasteiger partial charge < -0.3 is 14.8 Å². The standard InChI is InChI=1S/C9H16N2O5/c1-15-8(7-11(13)14)10-6-4-3-5-9(12)16-2/h7,10H,3-6H2,1-2H3/b8-7-. The summed E-state index contributed by atoms with van der Waals surface area (Å²) in [7, 11) is 2.68. The lowest BCUT2D eigenvalue weighted by molar-refractivity contribution is -0.405. The van der Waals surface area contributed by atoms with E-state index < -0.39 is 4.92 Å². The lowest BCUT2D eigenvalue weighted by atomic mass is 10.2. The molecule has 0 aliphatic heterocycles. The molecular weight excluding hydrogens is 216 g/mol. The van der Waals surface area contributed by atoms with Gasteiger partial charge in [0.05, 0.1) is 19.1 Å². The zero-order valence-corrected chi connectivity index (χ0v) is 9.39. The van der Waals surface area contributed by atoms with Crippen LogP contribution in [0.25, 0.3) is 0 Å². The normalized spacial score (nSPS) is 10.8. The molecule has 7 nitrogen and oxygen atoms in total. The lowest BCUT2D eigenvalue weighted by Crippen LogP contribution is -2.17. The fraction of sp³-hybridized carbons (Fsp3) is 0.667. The van der Waals surface area contributed by atoms with Crippen molar-refractivity contribution < 1.29 is 19.2 Å². The predicted molar refractivity (Wildman–Crippen MR) is 56.0 cm³/mol. The second-order valence-corrected chi connectivity index (χ2v) is 2.94. The van der Waals surface area contributed by atoms with E-state index >= 15 is 0 Å². The molecule has 0 aromatic rings. The highest BCUT2D eigenvalue weighted by Gasteiger charge is 2.02. The summed E-state index contributed by atoms with van der Waals surface area (Å²) in [5.74, 6) is -0.157. The molecule has 0 radical (unpaired) electrons. The molecule has 0 aromatic carbocycles. The highest BCUT2D eigenvalue weighted by molar-refractivity contribution is 5.68. The Kier molecular flexibility index (Phi) is 7.56. The Labute approximate surface area is 93.6 Å². The van der Waals surface area contributed by atoms with Crippen LogP contribution in [-0.2, 0) is 14.3 Å². The number of carbonyl (C=O) groups excluding carboxylic acids is 1. The van der Waals surface area contributed by atoms with E-state index in [1.54, 1.807) is 0 Å². The Hall–Kier alpha value is -1.79. The Bertz CT molecular complexity index is 265. The average molecular weight is 232 g/mol. The van der Waals surface area contributed by atoms with Crippen molar-refractivity contribution in [2.24, 2.45) is 0 Å². The van der Waals surface area contributed by atoms with Gasteiger partial charge in [0.2, 0.25) is 0 Å². The first kappa shape index (κ1) is 14.2. The average Bonchev–Trinajstić information content (AvgIpc) is 2.26. The van der Waals surface area contributed by atoms with Gasteiger partial charge in [-0.3, -0.25) is 14.9 Å². The zero-order chi connectivity index (χ0) is 12.4. The maximum Gasteiger partial charge on any atom is 0.305 e. The van der Waals surface area contributed by atoms with Crippen LogP contribution in [0.5, 0.6) is 0 Å². The van der Waals surface area contributed by atoms with Crippen molar-refractivity contribution in [1.82, 2.24) is 5.32 Å². The number of carbonyl (C=O) groups is 1. The monoisotopic (exact) mass is 232 g/mol. The second kappa shape index (κ2) is 8.51. The Morgan fingerprint density at radius 1 is 1.38 bits per heavy atom. The molecule has 0 atom stereocenters. The van der Waals surface area contributed by atoms with Crippen LogP contribution in [0.4, 0.5) is 0 Å². The van der Waals surface area contributed by atoms with E-state index in [2.05, 4.69) is 10.1 Å². The molecule has 1 N–H and O–H groups in total. The van der Waals surface area contributed by atoms with Gasteiger partial charge in [0, 0.05) is 13.0 Å². The number of esters is 1. The summed E-state index contributed by atoms with van der Waals surface area (Å²) < 4.78 is 9.19. The second-order valence-electron chi connectivity index (χ2n) is 2.94. The van der Waals surface area contributed by atoms with Crippen LogP contribution >= 0.6 is 0 Å². The molecule has 16 heavy (non-hydrogen) atoms. The van der Waals surface area contributed by atoms with E-state index in [4.69, 9.17) is 4.74 Å². The minimum Gasteiger partial charge on any atom is -0.478 e. The molecule has 0 aliphatic rings. The van der Waals surface area contributed by atoms with Crippen LogP contribution in [0, 0.1) is 10.1 Å². The highest BCUT2D eigenvalue weighted by Crippen LogP contribution is 1.97. The molecule has 0 heterocycles. The van der Waals surface area contributed by atoms with Crippen LogP contribution in [-0.4, -0.2) is 31.7 Å². The van der Waals surface area contributed by atoms with Gasteiger partial charge in [-0.25, -0.2) is 0 Å². The van der Waals surface area contributed by atoms with Crippen LogP contribution in [0.15, 0.2) is 12.1 Å². The third-order valence-electron chi connectivity index (χ3n) is 1.78. The largest absolute Gasteiger partial charge is 0.478 e. The van der Waals surface area contributed by atoms with Gasteiger partial charge in [-0.05, 0) is 12.8 Å². The molecule has 7 heteroatoms. The fourth-order valence-electron chi connectivity index (χ4n) is 0.974. The SMILES string of the molecule is COC(=O)CCCCN/C(=C/[N+](=O)[O-])OC. The van der Waals surface area contributed by atoms with Crippen LogP contribution < -0.4 is 5.32 Å². The van der Waals surface area contributed by atoms with Gasteiger partial charge in [-0.2, -0.15) is 0 Å². The van der Waals surface area contributed by atoms with Gasteiger partial charge in [0.15, 0.2) is 0 Å². The molecule has 0 saturated carbocycles. The molecule has 0 unspecified atom stereocenters. The minimum atomic E-state index is -0.597. The molecule has 0 bridgehead atoms. The maximum absolute atomic E-state index is 10.7. The predicted octanol–water partition coefficient (Wildman–Crippen LogP) is 0.641. The number of unbranched alkanes of at least 4 members (excludes halogenated alkanes) is 1. The molecule has 0 aliphatic carbocycles. The topological polar surface area (TPSA) is 90.7 Å². The summed E-state index contributed by atoms with van der Waals surface area (Å²) in [6.07, 6.45) is 2.46. The number of methoxy groups -OCH3 is 2. The Morgan fingerprint density at radius 3 is 2.56 bits per heavy atom. The van der Waals surface area contributed by atoms with Crippen molar-refractivity contribution in [2.45, 2.75) is 19.3 Å². The quantitative estimate of drug-likeness (QED) is 0.217. The number of hydrogen-bond acceptors (Lipinski definition) is 6. The number of hydrogen-bond donors (Lipinski definition) is 1. The first-order valence-electron chi connectivity index (χ1n) is 4.80. The van der Waals surface area contributed by atoms with Crippen molar-refractivity contribution in [3.05, 3.63) is 22.2 Å². The van der Waals surface area contributed by atoms with Gasteiger partial charge in [0.1, 0.15) is 0 Å². The first-order chi connectivity index (χ1) is 7.60. The fourth-order valence-corrected chi connectivity index (χ4v) is 0.974. The molecule has 0 rings (SSSR count). The number of nitrogens with one attached hydrogen (secondary N) is 1. The van der Waals surface area contributed by atoms with Gasteiger partial charge in [-0.1, -0.05) is 0 Å². The molecule has 92 valence electrons. The number of ether oxygens (including phenoxy) is 2. The van der Waals surface area contributed by atoms with Crippen LogP contribution in [0.2, 0.25) is 0 Å². The summed E-state index contributed by atoms with van der Waals surface area (Å²) in [4.78, 5) is 20.3. The van der Waals surface area contributed by atoms with Crippen molar-refractivity contribution in [3.8, 4) is 0 Å². The smallest absolute Gasteiger partial charge is 0.305 e. The van der Waals surface area contributed by atoms with E-state index in [0.717, 1.165) is 6.20 Å². The van der Waals surface area contributed by atoms with E-state index in [1.165, 1.54) is 14.2 Å². The van der Waals surface area contributed by atoms with Crippen LogP contribution in [0.1, 0.15) is 19.3 Å². The third-order valence-corrected chi connectivity index (χ3v) is 1.78. The van der Waals surface area contributed by atoms with Crippen molar-refractivity contribution >= 4 is 5.97 Å². The minimum absolute atomic E-state index is 0.100. The molecule has 0 aromatic heterocycles. The highest BCUT2D eigenvalue weighted by atomic mass is 16.6. The molecular formula is C9H16N2O5. The maximum atomic E-state index is 10.7. The molecule has 0 saturated heterocycles. The Balaban J connectivity index is 3.64.